The highest BCUT2D eigenvalue weighted by Crippen LogP contribution is 2.31. The summed E-state index contributed by atoms with van der Waals surface area (Å²) in [7, 11) is 0. The van der Waals surface area contributed by atoms with Crippen LogP contribution in [0.5, 0.6) is 5.75 Å². The van der Waals surface area contributed by atoms with Crippen molar-refractivity contribution < 1.29 is 13.9 Å². The molecule has 1 amide bonds. The fourth-order valence-electron chi connectivity index (χ4n) is 4.92. The van der Waals surface area contributed by atoms with Crippen LogP contribution in [0.15, 0.2) is 48.8 Å². The SMILES string of the molecule is N#Cc1cn2c(NCc3c(F)ccc4c3CCO4)ncc(-c3ccc(CN4CCCC4=O)cc3)c2n1. The van der Waals surface area contributed by atoms with Gasteiger partial charge >= 0.3 is 0 Å². The summed E-state index contributed by atoms with van der Waals surface area (Å²) in [4.78, 5) is 22.9. The Balaban J connectivity index is 1.29. The molecule has 2 aromatic heterocycles. The number of likely N-dealkylation sites (tertiary alicyclic amines) is 1. The lowest BCUT2D eigenvalue weighted by atomic mass is 10.0. The lowest BCUT2D eigenvalue weighted by Gasteiger charge is -2.16. The molecule has 2 aromatic carbocycles. The first kappa shape index (κ1) is 22.0. The molecule has 0 radical (unpaired) electrons. The van der Waals surface area contributed by atoms with Gasteiger partial charge in [0.25, 0.3) is 0 Å². The molecule has 4 aromatic rings. The Hall–Kier alpha value is -4.45. The molecule has 0 unspecified atom stereocenters. The van der Waals surface area contributed by atoms with Gasteiger partial charge in [-0.05, 0) is 29.7 Å². The van der Waals surface area contributed by atoms with Gasteiger partial charge in [0.2, 0.25) is 11.9 Å². The maximum Gasteiger partial charge on any atom is 0.222 e. The number of nitrogens with zero attached hydrogens (tertiary/aromatic N) is 5. The van der Waals surface area contributed by atoms with Crippen LogP contribution in [-0.2, 0) is 24.3 Å². The lowest BCUT2D eigenvalue weighted by molar-refractivity contribution is -0.128. The van der Waals surface area contributed by atoms with Gasteiger partial charge in [0.1, 0.15) is 17.6 Å². The molecule has 8 nitrogen and oxygen atoms in total. The number of hydrogen-bond acceptors (Lipinski definition) is 6. The van der Waals surface area contributed by atoms with Crippen molar-refractivity contribution in [2.75, 3.05) is 18.5 Å². The summed E-state index contributed by atoms with van der Waals surface area (Å²) >= 11 is 0. The van der Waals surface area contributed by atoms with Gasteiger partial charge in [-0.15, -0.1) is 0 Å². The predicted molar refractivity (Wildman–Crippen MR) is 131 cm³/mol. The number of benzene rings is 2. The molecule has 0 aliphatic carbocycles. The van der Waals surface area contributed by atoms with Crippen LogP contribution >= 0.6 is 0 Å². The number of rotatable bonds is 6. The largest absolute Gasteiger partial charge is 0.493 e. The van der Waals surface area contributed by atoms with Crippen molar-refractivity contribution in [2.24, 2.45) is 0 Å². The van der Waals surface area contributed by atoms with E-state index in [1.54, 1.807) is 22.9 Å². The molecule has 4 heterocycles. The number of aromatic nitrogens is 3. The van der Waals surface area contributed by atoms with Crippen molar-refractivity contribution in [3.05, 3.63) is 77.0 Å². The van der Waals surface area contributed by atoms with E-state index in [0.717, 1.165) is 35.2 Å². The topological polar surface area (TPSA) is 95.5 Å². The number of carbonyl (C=O) groups is 1. The minimum atomic E-state index is -0.293. The molecular weight excluding hydrogens is 459 g/mol. The second-order valence-corrected chi connectivity index (χ2v) is 9.00. The van der Waals surface area contributed by atoms with Crippen LogP contribution < -0.4 is 10.1 Å². The van der Waals surface area contributed by atoms with E-state index >= 15 is 0 Å². The van der Waals surface area contributed by atoms with Crippen LogP contribution in [0.25, 0.3) is 16.8 Å². The summed E-state index contributed by atoms with van der Waals surface area (Å²) < 4.78 is 21.9. The van der Waals surface area contributed by atoms with Crippen molar-refractivity contribution in [1.82, 2.24) is 19.3 Å². The van der Waals surface area contributed by atoms with Crippen molar-refractivity contribution in [3.63, 3.8) is 0 Å². The fraction of sp³-hybridized carbons (Fsp3) is 0.259. The normalized spacial score (nSPS) is 14.7. The second kappa shape index (κ2) is 8.96. The zero-order chi connectivity index (χ0) is 24.6. The first-order valence-electron chi connectivity index (χ1n) is 11.9. The number of hydrogen-bond donors (Lipinski definition) is 1. The molecule has 9 heteroatoms. The van der Waals surface area contributed by atoms with Crippen molar-refractivity contribution >= 4 is 17.5 Å². The number of ether oxygens (including phenoxy) is 1. The average molecular weight is 483 g/mol. The Morgan fingerprint density at radius 3 is 2.81 bits per heavy atom. The van der Waals surface area contributed by atoms with E-state index in [2.05, 4.69) is 21.4 Å². The highest BCUT2D eigenvalue weighted by atomic mass is 19.1. The molecule has 1 fully saturated rings. The van der Waals surface area contributed by atoms with Crippen LogP contribution in [0, 0.1) is 17.1 Å². The van der Waals surface area contributed by atoms with Crippen LogP contribution in [0.4, 0.5) is 10.3 Å². The quantitative estimate of drug-likeness (QED) is 0.445. The van der Waals surface area contributed by atoms with Gasteiger partial charge in [-0.2, -0.15) is 5.26 Å². The monoisotopic (exact) mass is 482 g/mol. The van der Waals surface area contributed by atoms with E-state index in [4.69, 9.17) is 4.74 Å². The van der Waals surface area contributed by atoms with Crippen LogP contribution in [-0.4, -0.2) is 38.3 Å². The van der Waals surface area contributed by atoms with Gasteiger partial charge in [0, 0.05) is 55.4 Å². The zero-order valence-corrected chi connectivity index (χ0v) is 19.5. The first-order valence-corrected chi connectivity index (χ1v) is 11.9. The summed E-state index contributed by atoms with van der Waals surface area (Å²) in [5.74, 6) is 1.08. The minimum absolute atomic E-state index is 0.197. The van der Waals surface area contributed by atoms with Crippen LogP contribution in [0.1, 0.15) is 35.2 Å². The smallest absolute Gasteiger partial charge is 0.222 e. The number of fused-ring (bicyclic) bond motifs is 2. The van der Waals surface area contributed by atoms with Crippen molar-refractivity contribution in [1.29, 1.82) is 5.26 Å². The molecule has 2 aliphatic heterocycles. The summed E-state index contributed by atoms with van der Waals surface area (Å²) in [6.45, 7) is 2.17. The molecule has 2 aliphatic rings. The second-order valence-electron chi connectivity index (χ2n) is 9.00. The first-order chi connectivity index (χ1) is 17.6. The summed E-state index contributed by atoms with van der Waals surface area (Å²) in [6, 6.07) is 13.1. The minimum Gasteiger partial charge on any atom is -0.493 e. The number of amides is 1. The standard InChI is InChI=1S/C27H23FN6O2/c28-23-7-8-24-20(9-11-36-24)22(23)14-31-27-30-13-21(26-32-19(12-29)16-34(26)27)18-5-3-17(4-6-18)15-33-10-1-2-25(33)35/h3-8,13,16H,1-2,9-11,14-15H2,(H,30,31). The van der Waals surface area contributed by atoms with Gasteiger partial charge in [-0.25, -0.2) is 14.4 Å². The predicted octanol–water partition coefficient (Wildman–Crippen LogP) is 4.08. The molecule has 6 rings (SSSR count). The molecule has 1 saturated heterocycles. The molecule has 0 atom stereocenters. The van der Waals surface area contributed by atoms with Crippen LogP contribution in [0.2, 0.25) is 0 Å². The fourth-order valence-corrected chi connectivity index (χ4v) is 4.92. The summed E-state index contributed by atoms with van der Waals surface area (Å²) in [5.41, 5.74) is 4.98. The van der Waals surface area contributed by atoms with Gasteiger partial charge in [-0.3, -0.25) is 9.20 Å². The van der Waals surface area contributed by atoms with Gasteiger partial charge in [-0.1, -0.05) is 24.3 Å². The number of nitrogens with one attached hydrogen (secondary N) is 1. The molecule has 36 heavy (non-hydrogen) atoms. The third-order valence-corrected chi connectivity index (χ3v) is 6.78. The van der Waals surface area contributed by atoms with Gasteiger partial charge in [0.15, 0.2) is 11.3 Å². The number of anilines is 1. The maximum absolute atomic E-state index is 14.6. The van der Waals surface area contributed by atoms with E-state index in [-0.39, 0.29) is 24.0 Å². The number of halogens is 1. The highest BCUT2D eigenvalue weighted by molar-refractivity contribution is 5.79. The van der Waals surface area contributed by atoms with E-state index in [1.165, 1.54) is 6.07 Å². The van der Waals surface area contributed by atoms with E-state index in [1.807, 2.05) is 29.2 Å². The number of imidazole rings is 1. The Morgan fingerprint density at radius 2 is 2.03 bits per heavy atom. The summed E-state index contributed by atoms with van der Waals surface area (Å²) in [5, 5.41) is 12.7. The molecule has 0 saturated carbocycles. The third kappa shape index (κ3) is 3.90. The molecule has 1 N–H and O–H groups in total. The van der Waals surface area contributed by atoms with Crippen LogP contribution in [0.3, 0.4) is 0 Å². The molecule has 0 bridgehead atoms. The maximum atomic E-state index is 14.6. The van der Waals surface area contributed by atoms with E-state index in [9.17, 15) is 14.4 Å². The Morgan fingerprint density at radius 1 is 1.17 bits per heavy atom. The molecular formula is C27H23FN6O2. The lowest BCUT2D eigenvalue weighted by Crippen LogP contribution is -2.23. The molecule has 180 valence electrons. The molecule has 0 spiro atoms. The zero-order valence-electron chi connectivity index (χ0n) is 19.5. The third-order valence-electron chi connectivity index (χ3n) is 6.78. The number of carbonyl (C=O) groups excluding carboxylic acids is 1. The Bertz CT molecular complexity index is 1520. The van der Waals surface area contributed by atoms with E-state index < -0.39 is 0 Å². The van der Waals surface area contributed by atoms with Crippen molar-refractivity contribution in [2.45, 2.75) is 32.4 Å². The average Bonchev–Trinajstić information content (AvgIpc) is 3.64. The highest BCUT2D eigenvalue weighted by Gasteiger charge is 2.21. The van der Waals surface area contributed by atoms with Gasteiger partial charge in [0.05, 0.1) is 12.8 Å². The Kier molecular flexibility index (Phi) is 5.49. The van der Waals surface area contributed by atoms with Crippen molar-refractivity contribution in [3.8, 4) is 22.9 Å². The Labute approximate surface area is 207 Å². The number of nitriles is 1. The van der Waals surface area contributed by atoms with E-state index in [0.29, 0.717) is 48.9 Å². The summed E-state index contributed by atoms with van der Waals surface area (Å²) in [6.07, 6.45) is 5.53. The van der Waals surface area contributed by atoms with Gasteiger partial charge < -0.3 is 15.0 Å².